The molecule has 0 aliphatic heterocycles. The minimum absolute atomic E-state index is 0.286. The standard InChI is InChI=1S/C11H21NO/c1-12(2)10(9-4-3-5-9)11(8-13)6-7-11/h9-10,13H,3-8H2,1-2H3. The van der Waals surface area contributed by atoms with E-state index >= 15 is 0 Å². The van der Waals surface area contributed by atoms with Crippen molar-refractivity contribution in [1.29, 1.82) is 0 Å². The van der Waals surface area contributed by atoms with Crippen molar-refractivity contribution in [3.05, 3.63) is 0 Å². The molecule has 2 heteroatoms. The number of hydrogen-bond acceptors (Lipinski definition) is 2. The summed E-state index contributed by atoms with van der Waals surface area (Å²) in [6.07, 6.45) is 6.64. The van der Waals surface area contributed by atoms with Gasteiger partial charge >= 0.3 is 0 Å². The van der Waals surface area contributed by atoms with Gasteiger partial charge in [0.25, 0.3) is 0 Å². The average Bonchev–Trinajstić information content (AvgIpc) is 2.76. The summed E-state index contributed by atoms with van der Waals surface area (Å²) < 4.78 is 0. The largest absolute Gasteiger partial charge is 0.396 e. The average molecular weight is 183 g/mol. The van der Waals surface area contributed by atoms with E-state index in [0.29, 0.717) is 12.6 Å². The highest BCUT2D eigenvalue weighted by Crippen LogP contribution is 2.54. The predicted molar refractivity (Wildman–Crippen MR) is 53.6 cm³/mol. The maximum Gasteiger partial charge on any atom is 0.0502 e. The fourth-order valence-electron chi connectivity index (χ4n) is 2.93. The topological polar surface area (TPSA) is 23.5 Å². The molecule has 1 N–H and O–H groups in total. The Hall–Kier alpha value is -0.0800. The second-order valence-corrected chi connectivity index (χ2v) is 5.12. The maximum atomic E-state index is 9.42. The molecule has 0 aromatic carbocycles. The van der Waals surface area contributed by atoms with E-state index in [4.69, 9.17) is 0 Å². The van der Waals surface area contributed by atoms with Crippen molar-refractivity contribution in [1.82, 2.24) is 4.90 Å². The van der Waals surface area contributed by atoms with Gasteiger partial charge in [-0.3, -0.25) is 0 Å². The Morgan fingerprint density at radius 1 is 1.38 bits per heavy atom. The molecule has 2 rings (SSSR count). The Bertz CT molecular complexity index is 183. The molecule has 0 heterocycles. The van der Waals surface area contributed by atoms with Gasteiger partial charge in [-0.1, -0.05) is 6.42 Å². The fraction of sp³-hybridized carbons (Fsp3) is 1.00. The van der Waals surface area contributed by atoms with Gasteiger partial charge in [0.05, 0.1) is 6.61 Å². The fourth-order valence-corrected chi connectivity index (χ4v) is 2.93. The lowest BCUT2D eigenvalue weighted by Gasteiger charge is -2.42. The molecule has 0 aromatic rings. The lowest BCUT2D eigenvalue weighted by atomic mass is 9.73. The Morgan fingerprint density at radius 2 is 2.00 bits per heavy atom. The molecule has 2 saturated carbocycles. The van der Waals surface area contributed by atoms with E-state index in [9.17, 15) is 5.11 Å². The molecule has 76 valence electrons. The van der Waals surface area contributed by atoms with Crippen LogP contribution in [0.15, 0.2) is 0 Å². The summed E-state index contributed by atoms with van der Waals surface area (Å²) in [6, 6.07) is 0.645. The third-order valence-electron chi connectivity index (χ3n) is 3.99. The minimum atomic E-state index is 0.286. The first kappa shape index (κ1) is 9.47. The highest BCUT2D eigenvalue weighted by Gasteiger charge is 2.53. The first-order valence-electron chi connectivity index (χ1n) is 5.47. The van der Waals surface area contributed by atoms with Crippen molar-refractivity contribution in [3.8, 4) is 0 Å². The van der Waals surface area contributed by atoms with Crippen LogP contribution in [0.4, 0.5) is 0 Å². The molecule has 0 amide bonds. The maximum absolute atomic E-state index is 9.42. The van der Waals surface area contributed by atoms with E-state index < -0.39 is 0 Å². The molecule has 2 aliphatic rings. The Kier molecular flexibility index (Phi) is 2.37. The number of rotatable bonds is 4. The van der Waals surface area contributed by atoms with Crippen LogP contribution < -0.4 is 0 Å². The smallest absolute Gasteiger partial charge is 0.0502 e. The zero-order valence-electron chi connectivity index (χ0n) is 8.79. The van der Waals surface area contributed by atoms with Crippen molar-refractivity contribution < 1.29 is 5.11 Å². The molecule has 0 saturated heterocycles. The van der Waals surface area contributed by atoms with Gasteiger partial charge < -0.3 is 10.0 Å². The SMILES string of the molecule is CN(C)C(C1CCC1)C1(CO)CC1. The summed E-state index contributed by atoms with van der Waals surface area (Å²) in [4.78, 5) is 2.34. The summed E-state index contributed by atoms with van der Waals surface area (Å²) in [7, 11) is 4.33. The molecule has 0 bridgehead atoms. The van der Waals surface area contributed by atoms with Gasteiger partial charge in [-0.2, -0.15) is 0 Å². The third kappa shape index (κ3) is 1.50. The molecular weight excluding hydrogens is 162 g/mol. The molecule has 1 unspecified atom stereocenters. The van der Waals surface area contributed by atoms with Crippen LogP contribution in [0, 0.1) is 11.3 Å². The first-order valence-corrected chi connectivity index (χ1v) is 5.47. The van der Waals surface area contributed by atoms with Crippen LogP contribution in [0.2, 0.25) is 0 Å². The van der Waals surface area contributed by atoms with Crippen molar-refractivity contribution >= 4 is 0 Å². The van der Waals surface area contributed by atoms with Gasteiger partial charge in [-0.05, 0) is 45.7 Å². The van der Waals surface area contributed by atoms with Crippen LogP contribution in [0.3, 0.4) is 0 Å². The zero-order chi connectivity index (χ0) is 9.47. The van der Waals surface area contributed by atoms with Crippen LogP contribution in [0.5, 0.6) is 0 Å². The van der Waals surface area contributed by atoms with Crippen LogP contribution in [0.25, 0.3) is 0 Å². The summed E-state index contributed by atoms with van der Waals surface area (Å²) in [5.41, 5.74) is 0.286. The minimum Gasteiger partial charge on any atom is -0.396 e. The van der Waals surface area contributed by atoms with Crippen molar-refractivity contribution in [3.63, 3.8) is 0 Å². The number of aliphatic hydroxyl groups excluding tert-OH is 1. The van der Waals surface area contributed by atoms with Crippen LogP contribution in [0.1, 0.15) is 32.1 Å². The highest BCUT2D eigenvalue weighted by molar-refractivity contribution is 5.05. The second-order valence-electron chi connectivity index (χ2n) is 5.12. The van der Waals surface area contributed by atoms with Crippen LogP contribution in [-0.4, -0.2) is 36.8 Å². The van der Waals surface area contributed by atoms with E-state index in [1.807, 2.05) is 0 Å². The molecule has 0 aromatic heterocycles. The normalized spacial score (nSPS) is 28.6. The summed E-state index contributed by atoms with van der Waals surface area (Å²) in [5, 5.41) is 9.42. The third-order valence-corrected chi connectivity index (χ3v) is 3.99. The molecule has 2 aliphatic carbocycles. The van der Waals surface area contributed by atoms with E-state index in [2.05, 4.69) is 19.0 Å². The Balaban J connectivity index is 2.04. The number of aliphatic hydroxyl groups is 1. The Labute approximate surface area is 80.9 Å². The summed E-state index contributed by atoms with van der Waals surface area (Å²) >= 11 is 0. The van der Waals surface area contributed by atoms with E-state index in [0.717, 1.165) is 5.92 Å². The molecule has 2 fully saturated rings. The van der Waals surface area contributed by atoms with E-state index in [1.165, 1.54) is 32.1 Å². The first-order chi connectivity index (χ1) is 6.19. The number of hydrogen-bond donors (Lipinski definition) is 1. The van der Waals surface area contributed by atoms with E-state index in [1.54, 1.807) is 0 Å². The van der Waals surface area contributed by atoms with Gasteiger partial charge in [-0.15, -0.1) is 0 Å². The van der Waals surface area contributed by atoms with Gasteiger partial charge in [-0.25, -0.2) is 0 Å². The van der Waals surface area contributed by atoms with Crippen molar-refractivity contribution in [2.24, 2.45) is 11.3 Å². The molecule has 0 radical (unpaired) electrons. The van der Waals surface area contributed by atoms with Gasteiger partial charge in [0.1, 0.15) is 0 Å². The molecule has 1 atom stereocenters. The lowest BCUT2D eigenvalue weighted by molar-refractivity contribution is 0.0430. The van der Waals surface area contributed by atoms with Crippen molar-refractivity contribution in [2.75, 3.05) is 20.7 Å². The van der Waals surface area contributed by atoms with Gasteiger partial charge in [0.2, 0.25) is 0 Å². The second kappa shape index (κ2) is 3.25. The van der Waals surface area contributed by atoms with Crippen molar-refractivity contribution in [2.45, 2.75) is 38.1 Å². The summed E-state index contributed by atoms with van der Waals surface area (Å²) in [6.45, 7) is 0.395. The van der Waals surface area contributed by atoms with Crippen LogP contribution >= 0.6 is 0 Å². The van der Waals surface area contributed by atoms with Gasteiger partial charge in [0.15, 0.2) is 0 Å². The quantitative estimate of drug-likeness (QED) is 0.714. The van der Waals surface area contributed by atoms with Crippen LogP contribution in [-0.2, 0) is 0 Å². The molecule has 13 heavy (non-hydrogen) atoms. The number of nitrogens with zero attached hydrogens (tertiary/aromatic N) is 1. The zero-order valence-corrected chi connectivity index (χ0v) is 8.79. The Morgan fingerprint density at radius 3 is 2.23 bits per heavy atom. The highest BCUT2D eigenvalue weighted by atomic mass is 16.3. The summed E-state index contributed by atoms with van der Waals surface area (Å²) in [5.74, 6) is 0.865. The van der Waals surface area contributed by atoms with E-state index in [-0.39, 0.29) is 5.41 Å². The lowest BCUT2D eigenvalue weighted by Crippen LogP contribution is -2.46. The monoisotopic (exact) mass is 183 g/mol. The predicted octanol–water partition coefficient (Wildman–Crippen LogP) is 1.49. The molecule has 0 spiro atoms. The molecule has 2 nitrogen and oxygen atoms in total. The van der Waals surface area contributed by atoms with Gasteiger partial charge in [0, 0.05) is 11.5 Å². The molecular formula is C11H21NO.